The normalized spacial score (nSPS) is 12.6. The molecule has 1 atom stereocenters. The number of imidazole rings is 1. The number of nitrogens with one attached hydrogen (secondary N) is 1. The van der Waals surface area contributed by atoms with E-state index in [4.69, 9.17) is 23.2 Å². The Hall–Kier alpha value is -1.71. The van der Waals surface area contributed by atoms with Crippen LogP contribution in [-0.4, -0.2) is 9.55 Å². The van der Waals surface area contributed by atoms with Gasteiger partial charge in [-0.05, 0) is 36.8 Å². The standard InChI is InChI=1S/C16H15Cl2N3/c1-10(12-8-7-11(17)9-13(12)18)19-16-20-14-5-3-4-6-15(14)21(16)2/h3-10H,1-2H3,(H,19,20). The maximum atomic E-state index is 6.26. The molecule has 3 rings (SSSR count). The van der Waals surface area contributed by atoms with E-state index in [2.05, 4.69) is 17.2 Å². The summed E-state index contributed by atoms with van der Waals surface area (Å²) in [6.07, 6.45) is 0. The largest absolute Gasteiger partial charge is 0.349 e. The molecular weight excluding hydrogens is 305 g/mol. The maximum absolute atomic E-state index is 6.26. The van der Waals surface area contributed by atoms with Gasteiger partial charge in [-0.3, -0.25) is 0 Å². The Morgan fingerprint density at radius 2 is 1.90 bits per heavy atom. The highest BCUT2D eigenvalue weighted by molar-refractivity contribution is 6.35. The third-order valence-electron chi connectivity index (χ3n) is 3.56. The maximum Gasteiger partial charge on any atom is 0.204 e. The van der Waals surface area contributed by atoms with Crippen molar-refractivity contribution in [3.8, 4) is 0 Å². The lowest BCUT2D eigenvalue weighted by Crippen LogP contribution is -2.10. The van der Waals surface area contributed by atoms with Crippen LogP contribution in [0.25, 0.3) is 11.0 Å². The number of benzene rings is 2. The Morgan fingerprint density at radius 1 is 1.14 bits per heavy atom. The molecule has 0 bridgehead atoms. The zero-order chi connectivity index (χ0) is 15.0. The molecule has 0 saturated carbocycles. The first kappa shape index (κ1) is 14.2. The lowest BCUT2D eigenvalue weighted by molar-refractivity contribution is 0.832. The number of halogens is 2. The lowest BCUT2D eigenvalue weighted by Gasteiger charge is -2.16. The summed E-state index contributed by atoms with van der Waals surface area (Å²) in [4.78, 5) is 4.61. The van der Waals surface area contributed by atoms with Gasteiger partial charge >= 0.3 is 0 Å². The van der Waals surface area contributed by atoms with Crippen LogP contribution in [0, 0.1) is 0 Å². The summed E-state index contributed by atoms with van der Waals surface area (Å²) < 4.78 is 2.04. The molecule has 0 aliphatic carbocycles. The molecule has 1 N–H and O–H groups in total. The molecule has 0 spiro atoms. The summed E-state index contributed by atoms with van der Waals surface area (Å²) in [6, 6.07) is 13.6. The van der Waals surface area contributed by atoms with E-state index in [0.717, 1.165) is 22.5 Å². The first-order chi connectivity index (χ1) is 10.1. The number of hydrogen-bond acceptors (Lipinski definition) is 2. The zero-order valence-electron chi connectivity index (χ0n) is 11.8. The van der Waals surface area contributed by atoms with Gasteiger partial charge in [-0.25, -0.2) is 4.98 Å². The van der Waals surface area contributed by atoms with E-state index in [1.807, 2.05) is 48.0 Å². The van der Waals surface area contributed by atoms with E-state index >= 15 is 0 Å². The number of para-hydroxylation sites is 2. The molecule has 3 nitrogen and oxygen atoms in total. The van der Waals surface area contributed by atoms with E-state index in [1.165, 1.54) is 0 Å². The second-order valence-electron chi connectivity index (χ2n) is 5.02. The van der Waals surface area contributed by atoms with E-state index in [9.17, 15) is 0 Å². The van der Waals surface area contributed by atoms with Gasteiger partial charge in [0.1, 0.15) is 0 Å². The highest BCUT2D eigenvalue weighted by Crippen LogP contribution is 2.29. The van der Waals surface area contributed by atoms with Gasteiger partial charge in [-0.1, -0.05) is 41.4 Å². The molecule has 108 valence electrons. The molecule has 5 heteroatoms. The van der Waals surface area contributed by atoms with Gasteiger partial charge in [0.05, 0.1) is 17.1 Å². The van der Waals surface area contributed by atoms with Crippen LogP contribution in [-0.2, 0) is 7.05 Å². The first-order valence-corrected chi connectivity index (χ1v) is 7.45. The Morgan fingerprint density at radius 3 is 2.62 bits per heavy atom. The minimum Gasteiger partial charge on any atom is -0.349 e. The van der Waals surface area contributed by atoms with Crippen molar-refractivity contribution in [3.05, 3.63) is 58.1 Å². The number of aromatic nitrogens is 2. The molecule has 0 radical (unpaired) electrons. The SMILES string of the molecule is CC(Nc1nc2ccccc2n1C)c1ccc(Cl)cc1Cl. The van der Waals surface area contributed by atoms with Crippen LogP contribution in [0.15, 0.2) is 42.5 Å². The minimum atomic E-state index is 0.0327. The fourth-order valence-corrected chi connectivity index (χ4v) is 2.97. The third-order valence-corrected chi connectivity index (χ3v) is 4.12. The van der Waals surface area contributed by atoms with E-state index < -0.39 is 0 Å². The predicted octanol–water partition coefficient (Wildman–Crippen LogP) is 5.05. The summed E-state index contributed by atoms with van der Waals surface area (Å²) >= 11 is 12.2. The van der Waals surface area contributed by atoms with Crippen molar-refractivity contribution in [1.29, 1.82) is 0 Å². The van der Waals surface area contributed by atoms with Crippen molar-refractivity contribution >= 4 is 40.2 Å². The Balaban J connectivity index is 1.92. The van der Waals surface area contributed by atoms with Gasteiger partial charge in [0.2, 0.25) is 5.95 Å². The number of rotatable bonds is 3. The van der Waals surface area contributed by atoms with Gasteiger partial charge in [-0.15, -0.1) is 0 Å². The molecule has 0 amide bonds. The summed E-state index contributed by atoms with van der Waals surface area (Å²) in [5.41, 5.74) is 3.06. The topological polar surface area (TPSA) is 29.9 Å². The smallest absolute Gasteiger partial charge is 0.204 e. The van der Waals surface area contributed by atoms with Gasteiger partial charge in [0.25, 0.3) is 0 Å². The van der Waals surface area contributed by atoms with Crippen LogP contribution in [0.2, 0.25) is 10.0 Å². The van der Waals surface area contributed by atoms with E-state index in [0.29, 0.717) is 10.0 Å². The lowest BCUT2D eigenvalue weighted by atomic mass is 10.1. The number of hydrogen-bond donors (Lipinski definition) is 1. The van der Waals surface area contributed by atoms with Crippen LogP contribution in [0.4, 0.5) is 5.95 Å². The second-order valence-corrected chi connectivity index (χ2v) is 5.86. The molecule has 0 fully saturated rings. The van der Waals surface area contributed by atoms with E-state index in [1.54, 1.807) is 6.07 Å². The molecule has 21 heavy (non-hydrogen) atoms. The van der Waals surface area contributed by atoms with Crippen LogP contribution in [0.1, 0.15) is 18.5 Å². The predicted molar refractivity (Wildman–Crippen MR) is 89.2 cm³/mol. The van der Waals surface area contributed by atoms with Gasteiger partial charge in [-0.2, -0.15) is 0 Å². The van der Waals surface area contributed by atoms with Gasteiger partial charge < -0.3 is 9.88 Å². The average Bonchev–Trinajstić information content (AvgIpc) is 2.76. The quantitative estimate of drug-likeness (QED) is 0.731. The number of anilines is 1. The summed E-state index contributed by atoms with van der Waals surface area (Å²) in [7, 11) is 1.99. The monoisotopic (exact) mass is 319 g/mol. The number of nitrogens with zero attached hydrogens (tertiary/aromatic N) is 2. The number of fused-ring (bicyclic) bond motifs is 1. The van der Waals surface area contributed by atoms with Crippen molar-refractivity contribution in [2.45, 2.75) is 13.0 Å². The third kappa shape index (κ3) is 2.71. The fraction of sp³-hybridized carbons (Fsp3) is 0.188. The van der Waals surface area contributed by atoms with Crippen molar-refractivity contribution in [2.24, 2.45) is 7.05 Å². The highest BCUT2D eigenvalue weighted by Gasteiger charge is 2.13. The minimum absolute atomic E-state index is 0.0327. The Bertz CT molecular complexity index is 795. The molecular formula is C16H15Cl2N3. The summed E-state index contributed by atoms with van der Waals surface area (Å²) in [5, 5.41) is 4.69. The van der Waals surface area contributed by atoms with Gasteiger partial charge in [0.15, 0.2) is 0 Å². The molecule has 0 aliphatic rings. The zero-order valence-corrected chi connectivity index (χ0v) is 13.3. The first-order valence-electron chi connectivity index (χ1n) is 6.69. The van der Waals surface area contributed by atoms with Crippen molar-refractivity contribution < 1.29 is 0 Å². The number of aryl methyl sites for hydroxylation is 1. The molecule has 2 aromatic carbocycles. The average molecular weight is 320 g/mol. The molecule has 0 saturated heterocycles. The highest BCUT2D eigenvalue weighted by atomic mass is 35.5. The molecule has 1 aromatic heterocycles. The Kier molecular flexibility index (Phi) is 3.79. The van der Waals surface area contributed by atoms with Crippen LogP contribution >= 0.6 is 23.2 Å². The second kappa shape index (κ2) is 5.58. The van der Waals surface area contributed by atoms with Crippen molar-refractivity contribution in [3.63, 3.8) is 0 Å². The van der Waals surface area contributed by atoms with Crippen LogP contribution in [0.5, 0.6) is 0 Å². The van der Waals surface area contributed by atoms with Crippen molar-refractivity contribution in [2.75, 3.05) is 5.32 Å². The molecule has 0 aliphatic heterocycles. The van der Waals surface area contributed by atoms with Crippen LogP contribution < -0.4 is 5.32 Å². The van der Waals surface area contributed by atoms with Crippen molar-refractivity contribution in [1.82, 2.24) is 9.55 Å². The molecule has 1 unspecified atom stereocenters. The summed E-state index contributed by atoms with van der Waals surface area (Å²) in [6.45, 7) is 2.05. The summed E-state index contributed by atoms with van der Waals surface area (Å²) in [5.74, 6) is 0.815. The van der Waals surface area contributed by atoms with Gasteiger partial charge in [0, 0.05) is 17.1 Å². The van der Waals surface area contributed by atoms with E-state index in [-0.39, 0.29) is 6.04 Å². The fourth-order valence-electron chi connectivity index (χ4n) is 2.40. The molecule has 3 aromatic rings. The van der Waals surface area contributed by atoms with Crippen LogP contribution in [0.3, 0.4) is 0 Å². The Labute approximate surface area is 133 Å². The molecule has 1 heterocycles.